The summed E-state index contributed by atoms with van der Waals surface area (Å²) in [6.07, 6.45) is 4.11. The van der Waals surface area contributed by atoms with Gasteiger partial charge in [0.05, 0.1) is 16.3 Å². The monoisotopic (exact) mass is 272 g/mol. The molecule has 1 aromatic rings. The molecule has 0 radical (unpaired) electrons. The summed E-state index contributed by atoms with van der Waals surface area (Å²) in [6, 6.07) is 2.36. The van der Waals surface area contributed by atoms with E-state index in [2.05, 4.69) is 5.32 Å². The van der Waals surface area contributed by atoms with Crippen LogP contribution in [-0.2, 0) is 0 Å². The number of halogens is 2. The first-order valence-corrected chi connectivity index (χ1v) is 6.19. The number of amides is 1. The molecule has 0 unspecified atom stereocenters. The van der Waals surface area contributed by atoms with Crippen molar-refractivity contribution in [3.8, 4) is 0 Å². The number of anilines is 1. The van der Waals surface area contributed by atoms with E-state index in [9.17, 15) is 9.18 Å². The minimum Gasteiger partial charge on any atom is -0.349 e. The largest absolute Gasteiger partial charge is 0.349 e. The number of carbonyl (C=O) groups excluding carboxylic acids is 1. The van der Waals surface area contributed by atoms with Crippen molar-refractivity contribution in [1.82, 2.24) is 5.32 Å². The zero-order chi connectivity index (χ0) is 13.1. The van der Waals surface area contributed by atoms with Gasteiger partial charge in [-0.15, -0.1) is 0 Å². The van der Waals surface area contributed by atoms with E-state index in [0.717, 1.165) is 31.7 Å². The van der Waals surface area contributed by atoms with Crippen LogP contribution in [-0.4, -0.2) is 17.2 Å². The summed E-state index contributed by atoms with van der Waals surface area (Å²) in [6.45, 7) is 0. The molecule has 0 saturated heterocycles. The fourth-order valence-electron chi connectivity index (χ4n) is 2.14. The fourth-order valence-corrected chi connectivity index (χ4v) is 2.38. The van der Waals surface area contributed by atoms with Crippen LogP contribution >= 0.6 is 11.6 Å². The van der Waals surface area contributed by atoms with Crippen LogP contribution in [0.1, 0.15) is 36.0 Å². The quantitative estimate of drug-likeness (QED) is 0.742. The maximum absolute atomic E-state index is 13.3. The lowest BCUT2D eigenvalue weighted by Crippen LogP contribution is -2.32. The van der Waals surface area contributed by atoms with E-state index >= 15 is 0 Å². The number of hydrogen-bond donors (Lipinski definition) is 3. The second-order valence-electron chi connectivity index (χ2n) is 4.38. The Hall–Kier alpha value is -1.33. The fraction of sp³-hybridized carbons (Fsp3) is 0.417. The van der Waals surface area contributed by atoms with Crippen LogP contribution in [0.3, 0.4) is 0 Å². The molecule has 18 heavy (non-hydrogen) atoms. The third kappa shape index (κ3) is 2.73. The van der Waals surface area contributed by atoms with Crippen LogP contribution in [0, 0.1) is 5.82 Å². The molecule has 3 N–H and O–H groups in total. The smallest absolute Gasteiger partial charge is 0.253 e. The standard InChI is InChI=1S/C12H14ClFN2O2/c13-9-6-10(14)11(16-18)5-8(9)12(17)15-7-3-1-2-4-7/h5-7,16,18H,1-4H2,(H,15,17). The molecule has 0 aliphatic heterocycles. The number of nitrogens with one attached hydrogen (secondary N) is 2. The minimum atomic E-state index is -0.708. The molecule has 0 spiro atoms. The Kier molecular flexibility index (Phi) is 4.04. The van der Waals surface area contributed by atoms with E-state index < -0.39 is 5.82 Å². The third-order valence-electron chi connectivity index (χ3n) is 3.11. The van der Waals surface area contributed by atoms with Crippen LogP contribution in [0.25, 0.3) is 0 Å². The van der Waals surface area contributed by atoms with Gasteiger partial charge < -0.3 is 5.32 Å². The number of carbonyl (C=O) groups is 1. The Labute approximate surface area is 109 Å². The first kappa shape index (κ1) is 13.1. The number of rotatable bonds is 3. The highest BCUT2D eigenvalue weighted by atomic mass is 35.5. The second kappa shape index (κ2) is 5.54. The van der Waals surface area contributed by atoms with Crippen LogP contribution in [0.5, 0.6) is 0 Å². The van der Waals surface area contributed by atoms with Gasteiger partial charge in [0, 0.05) is 6.04 Å². The average Bonchev–Trinajstić information content (AvgIpc) is 2.81. The summed E-state index contributed by atoms with van der Waals surface area (Å²) in [5.41, 5.74) is 1.68. The molecule has 0 aromatic heterocycles. The minimum absolute atomic E-state index is 0.0296. The Morgan fingerprint density at radius 1 is 1.39 bits per heavy atom. The van der Waals surface area contributed by atoms with Gasteiger partial charge in [-0.2, -0.15) is 0 Å². The molecule has 1 aliphatic carbocycles. The van der Waals surface area contributed by atoms with Gasteiger partial charge in [0.25, 0.3) is 5.91 Å². The molecule has 2 rings (SSSR count). The van der Waals surface area contributed by atoms with E-state index in [4.69, 9.17) is 16.8 Å². The highest BCUT2D eigenvalue weighted by Crippen LogP contribution is 2.25. The topological polar surface area (TPSA) is 61.4 Å². The molecule has 6 heteroatoms. The normalized spacial score (nSPS) is 15.7. The Morgan fingerprint density at radius 2 is 2.06 bits per heavy atom. The third-order valence-corrected chi connectivity index (χ3v) is 3.42. The van der Waals surface area contributed by atoms with Crippen molar-refractivity contribution in [2.45, 2.75) is 31.7 Å². The zero-order valence-corrected chi connectivity index (χ0v) is 10.4. The summed E-state index contributed by atoms with van der Waals surface area (Å²) >= 11 is 5.83. The predicted octanol–water partition coefficient (Wildman–Crippen LogP) is 2.95. The van der Waals surface area contributed by atoms with Gasteiger partial charge >= 0.3 is 0 Å². The highest BCUT2D eigenvalue weighted by molar-refractivity contribution is 6.34. The van der Waals surface area contributed by atoms with E-state index in [1.54, 1.807) is 5.48 Å². The van der Waals surface area contributed by atoms with Gasteiger partial charge in [-0.05, 0) is 25.0 Å². The van der Waals surface area contributed by atoms with Crippen molar-refractivity contribution in [2.24, 2.45) is 0 Å². The maximum atomic E-state index is 13.3. The first-order chi connectivity index (χ1) is 8.61. The van der Waals surface area contributed by atoms with Crippen LogP contribution in [0.2, 0.25) is 5.02 Å². The molecule has 1 amide bonds. The SMILES string of the molecule is O=C(NC1CCCC1)c1cc(NO)c(F)cc1Cl. The first-order valence-electron chi connectivity index (χ1n) is 5.82. The summed E-state index contributed by atoms with van der Waals surface area (Å²) in [4.78, 5) is 12.0. The van der Waals surface area contributed by atoms with Crippen molar-refractivity contribution in [2.75, 3.05) is 5.48 Å². The summed E-state index contributed by atoms with van der Waals surface area (Å²) in [5.74, 6) is -1.05. The van der Waals surface area contributed by atoms with Crippen molar-refractivity contribution >= 4 is 23.2 Å². The predicted molar refractivity (Wildman–Crippen MR) is 66.5 cm³/mol. The molecule has 1 saturated carbocycles. The van der Waals surface area contributed by atoms with Gasteiger partial charge in [0.2, 0.25) is 0 Å². The van der Waals surface area contributed by atoms with Crippen molar-refractivity contribution in [1.29, 1.82) is 0 Å². The molecule has 1 aliphatic rings. The molecular formula is C12H14ClFN2O2. The molecule has 98 valence electrons. The van der Waals surface area contributed by atoms with Gasteiger partial charge in [-0.3, -0.25) is 15.5 Å². The Morgan fingerprint density at radius 3 is 2.67 bits per heavy atom. The van der Waals surface area contributed by atoms with E-state index in [1.807, 2.05) is 0 Å². The molecular weight excluding hydrogens is 259 g/mol. The molecule has 1 fully saturated rings. The molecule has 0 bridgehead atoms. The summed E-state index contributed by atoms with van der Waals surface area (Å²) < 4.78 is 13.3. The van der Waals surface area contributed by atoms with Gasteiger partial charge in [-0.1, -0.05) is 24.4 Å². The molecule has 0 heterocycles. The van der Waals surface area contributed by atoms with E-state index in [-0.39, 0.29) is 28.2 Å². The van der Waals surface area contributed by atoms with E-state index in [1.165, 1.54) is 6.07 Å². The van der Waals surface area contributed by atoms with Gasteiger partial charge in [0.15, 0.2) is 0 Å². The van der Waals surface area contributed by atoms with Crippen LogP contribution in [0.15, 0.2) is 12.1 Å². The zero-order valence-electron chi connectivity index (χ0n) is 9.67. The number of benzene rings is 1. The maximum Gasteiger partial charge on any atom is 0.253 e. The molecule has 0 atom stereocenters. The Bertz CT molecular complexity index is 462. The van der Waals surface area contributed by atoms with Crippen LogP contribution in [0.4, 0.5) is 10.1 Å². The second-order valence-corrected chi connectivity index (χ2v) is 4.79. The number of hydrogen-bond acceptors (Lipinski definition) is 3. The summed E-state index contributed by atoms with van der Waals surface area (Å²) in [5, 5.41) is 11.6. The van der Waals surface area contributed by atoms with Crippen molar-refractivity contribution < 1.29 is 14.4 Å². The van der Waals surface area contributed by atoms with Crippen molar-refractivity contribution in [3.05, 3.63) is 28.5 Å². The highest BCUT2D eigenvalue weighted by Gasteiger charge is 2.20. The molecule has 4 nitrogen and oxygen atoms in total. The lowest BCUT2D eigenvalue weighted by Gasteiger charge is -2.13. The Balaban J connectivity index is 2.18. The van der Waals surface area contributed by atoms with Gasteiger partial charge in [-0.25, -0.2) is 4.39 Å². The van der Waals surface area contributed by atoms with Crippen molar-refractivity contribution in [3.63, 3.8) is 0 Å². The average molecular weight is 273 g/mol. The lowest BCUT2D eigenvalue weighted by molar-refractivity contribution is 0.0938. The molecule has 1 aromatic carbocycles. The van der Waals surface area contributed by atoms with E-state index in [0.29, 0.717) is 0 Å². The lowest BCUT2D eigenvalue weighted by atomic mass is 10.1. The summed E-state index contributed by atoms with van der Waals surface area (Å²) in [7, 11) is 0. The van der Waals surface area contributed by atoms with Crippen LogP contribution < -0.4 is 10.8 Å². The van der Waals surface area contributed by atoms with Gasteiger partial charge in [0.1, 0.15) is 5.82 Å².